The Kier molecular flexibility index (Phi) is 3.24. The van der Waals surface area contributed by atoms with Gasteiger partial charge in [-0.05, 0) is 44.0 Å². The van der Waals surface area contributed by atoms with E-state index in [1.54, 1.807) is 0 Å². The van der Waals surface area contributed by atoms with E-state index in [1.807, 2.05) is 24.3 Å². The Hall–Kier alpha value is -1.72. The SMILES string of the molecule is Nc1nc(CN2CCCC3CNCC32)nc2ccccc12. The van der Waals surface area contributed by atoms with Gasteiger partial charge in [-0.3, -0.25) is 4.90 Å². The van der Waals surface area contributed by atoms with Gasteiger partial charge in [0.15, 0.2) is 0 Å². The topological polar surface area (TPSA) is 67.1 Å². The average Bonchev–Trinajstić information content (AvgIpc) is 2.97. The second-order valence-electron chi connectivity index (χ2n) is 6.14. The molecular weight excluding hydrogens is 262 g/mol. The fourth-order valence-corrected chi connectivity index (χ4v) is 3.76. The highest BCUT2D eigenvalue weighted by Crippen LogP contribution is 2.27. The fourth-order valence-electron chi connectivity index (χ4n) is 3.76. The van der Waals surface area contributed by atoms with Crippen molar-refractivity contribution >= 4 is 16.7 Å². The van der Waals surface area contributed by atoms with Gasteiger partial charge in [-0.2, -0.15) is 0 Å². The molecule has 0 aliphatic carbocycles. The Bertz CT molecular complexity index is 656. The number of nitrogen functional groups attached to an aromatic ring is 1. The summed E-state index contributed by atoms with van der Waals surface area (Å²) in [5, 5.41) is 4.46. The van der Waals surface area contributed by atoms with E-state index in [0.29, 0.717) is 11.9 Å². The van der Waals surface area contributed by atoms with Crippen LogP contribution in [0.5, 0.6) is 0 Å². The average molecular weight is 283 g/mol. The minimum Gasteiger partial charge on any atom is -0.383 e. The van der Waals surface area contributed by atoms with E-state index >= 15 is 0 Å². The van der Waals surface area contributed by atoms with Crippen LogP contribution >= 0.6 is 0 Å². The normalized spacial score (nSPS) is 26.1. The number of hydrogen-bond donors (Lipinski definition) is 2. The molecule has 3 heterocycles. The smallest absolute Gasteiger partial charge is 0.145 e. The van der Waals surface area contributed by atoms with Gasteiger partial charge in [-0.25, -0.2) is 9.97 Å². The number of benzene rings is 1. The quantitative estimate of drug-likeness (QED) is 0.872. The van der Waals surface area contributed by atoms with Crippen molar-refractivity contribution in [3.05, 3.63) is 30.1 Å². The van der Waals surface area contributed by atoms with Gasteiger partial charge in [-0.1, -0.05) is 12.1 Å². The zero-order valence-electron chi connectivity index (χ0n) is 12.1. The highest BCUT2D eigenvalue weighted by molar-refractivity contribution is 5.87. The predicted octanol–water partition coefficient (Wildman–Crippen LogP) is 1.40. The van der Waals surface area contributed by atoms with Crippen molar-refractivity contribution in [2.24, 2.45) is 5.92 Å². The van der Waals surface area contributed by atoms with Crippen LogP contribution in [-0.2, 0) is 6.54 Å². The van der Waals surface area contributed by atoms with Crippen LogP contribution in [0.3, 0.4) is 0 Å². The lowest BCUT2D eigenvalue weighted by Gasteiger charge is -2.36. The maximum absolute atomic E-state index is 6.09. The summed E-state index contributed by atoms with van der Waals surface area (Å²) < 4.78 is 0. The second kappa shape index (κ2) is 5.24. The number of fused-ring (bicyclic) bond motifs is 2. The first-order valence-corrected chi connectivity index (χ1v) is 7.77. The molecule has 2 unspecified atom stereocenters. The molecule has 0 spiro atoms. The van der Waals surface area contributed by atoms with Crippen LogP contribution in [0.15, 0.2) is 24.3 Å². The molecule has 1 aromatic carbocycles. The Morgan fingerprint density at radius 1 is 1.24 bits per heavy atom. The van der Waals surface area contributed by atoms with Crippen LogP contribution in [-0.4, -0.2) is 40.5 Å². The summed E-state index contributed by atoms with van der Waals surface area (Å²) >= 11 is 0. The van der Waals surface area contributed by atoms with Gasteiger partial charge in [0.2, 0.25) is 0 Å². The lowest BCUT2D eigenvalue weighted by Crippen LogP contribution is -2.44. The lowest BCUT2D eigenvalue weighted by atomic mass is 9.92. The standard InChI is InChI=1S/C16H21N5/c17-16-12-5-1-2-6-13(12)19-15(20-16)10-21-7-3-4-11-8-18-9-14(11)21/h1-2,5-6,11,14,18H,3-4,7-10H2,(H2,17,19,20). The zero-order chi connectivity index (χ0) is 14.2. The molecule has 5 nitrogen and oxygen atoms in total. The highest BCUT2D eigenvalue weighted by Gasteiger charge is 2.35. The number of hydrogen-bond acceptors (Lipinski definition) is 5. The van der Waals surface area contributed by atoms with Crippen molar-refractivity contribution < 1.29 is 0 Å². The van der Waals surface area contributed by atoms with E-state index in [9.17, 15) is 0 Å². The number of nitrogens with one attached hydrogen (secondary N) is 1. The van der Waals surface area contributed by atoms with E-state index in [0.717, 1.165) is 48.8 Å². The summed E-state index contributed by atoms with van der Waals surface area (Å²) in [6, 6.07) is 8.59. The van der Waals surface area contributed by atoms with Gasteiger partial charge in [0, 0.05) is 18.0 Å². The Labute approximate surface area is 124 Å². The molecule has 2 aliphatic rings. The Morgan fingerprint density at radius 3 is 3.10 bits per heavy atom. The first kappa shape index (κ1) is 13.0. The predicted molar refractivity (Wildman–Crippen MR) is 83.7 cm³/mol. The minimum absolute atomic E-state index is 0.591. The van der Waals surface area contributed by atoms with Gasteiger partial charge in [0.25, 0.3) is 0 Å². The van der Waals surface area contributed by atoms with Gasteiger partial charge >= 0.3 is 0 Å². The lowest BCUT2D eigenvalue weighted by molar-refractivity contribution is 0.114. The van der Waals surface area contributed by atoms with Crippen LogP contribution < -0.4 is 11.1 Å². The molecule has 2 aromatic rings. The molecule has 1 aromatic heterocycles. The molecule has 2 saturated heterocycles. The molecule has 0 radical (unpaired) electrons. The molecule has 0 bridgehead atoms. The summed E-state index contributed by atoms with van der Waals surface area (Å²) in [6.45, 7) is 4.19. The van der Waals surface area contributed by atoms with E-state index in [4.69, 9.17) is 10.7 Å². The van der Waals surface area contributed by atoms with E-state index < -0.39 is 0 Å². The van der Waals surface area contributed by atoms with Crippen molar-refractivity contribution in [2.75, 3.05) is 25.4 Å². The molecule has 5 heteroatoms. The van der Waals surface area contributed by atoms with Crippen LogP contribution in [0.1, 0.15) is 18.7 Å². The maximum atomic E-state index is 6.09. The number of nitrogens with two attached hydrogens (primary N) is 1. The number of rotatable bonds is 2. The van der Waals surface area contributed by atoms with E-state index in [-0.39, 0.29) is 0 Å². The van der Waals surface area contributed by atoms with E-state index in [2.05, 4.69) is 15.2 Å². The Morgan fingerprint density at radius 2 is 2.14 bits per heavy atom. The fraction of sp³-hybridized carbons (Fsp3) is 0.500. The van der Waals surface area contributed by atoms with E-state index in [1.165, 1.54) is 12.8 Å². The van der Waals surface area contributed by atoms with Gasteiger partial charge < -0.3 is 11.1 Å². The van der Waals surface area contributed by atoms with Crippen LogP contribution in [0.4, 0.5) is 5.82 Å². The molecule has 0 saturated carbocycles. The summed E-state index contributed by atoms with van der Waals surface area (Å²) in [7, 11) is 0. The molecule has 2 aliphatic heterocycles. The van der Waals surface area contributed by atoms with Gasteiger partial charge in [0.1, 0.15) is 11.6 Å². The molecular formula is C16H21N5. The first-order chi connectivity index (χ1) is 10.3. The Balaban J connectivity index is 1.62. The van der Waals surface area contributed by atoms with Crippen molar-refractivity contribution in [2.45, 2.75) is 25.4 Å². The number of nitrogens with zero attached hydrogens (tertiary/aromatic N) is 3. The zero-order valence-corrected chi connectivity index (χ0v) is 12.1. The number of anilines is 1. The summed E-state index contributed by atoms with van der Waals surface area (Å²) in [6.07, 6.45) is 2.61. The van der Waals surface area contributed by atoms with Crippen LogP contribution in [0.25, 0.3) is 10.9 Å². The number of aromatic nitrogens is 2. The molecule has 4 rings (SSSR count). The molecule has 110 valence electrons. The highest BCUT2D eigenvalue weighted by atomic mass is 15.2. The van der Waals surface area contributed by atoms with Gasteiger partial charge in [-0.15, -0.1) is 0 Å². The molecule has 2 fully saturated rings. The van der Waals surface area contributed by atoms with Crippen LogP contribution in [0.2, 0.25) is 0 Å². The molecule has 3 N–H and O–H groups in total. The van der Waals surface area contributed by atoms with Crippen molar-refractivity contribution in [3.8, 4) is 0 Å². The third-order valence-electron chi connectivity index (χ3n) is 4.82. The molecule has 2 atom stereocenters. The van der Waals surface area contributed by atoms with Crippen molar-refractivity contribution in [1.82, 2.24) is 20.2 Å². The molecule has 0 amide bonds. The van der Waals surface area contributed by atoms with Crippen molar-refractivity contribution in [3.63, 3.8) is 0 Å². The largest absolute Gasteiger partial charge is 0.383 e. The van der Waals surface area contributed by atoms with Crippen molar-refractivity contribution in [1.29, 1.82) is 0 Å². The first-order valence-electron chi connectivity index (χ1n) is 7.77. The summed E-state index contributed by atoms with van der Waals surface area (Å²) in [5.41, 5.74) is 7.03. The maximum Gasteiger partial charge on any atom is 0.145 e. The number of likely N-dealkylation sites (tertiary alicyclic amines) is 1. The van der Waals surface area contributed by atoms with Gasteiger partial charge in [0.05, 0.1) is 12.1 Å². The number of piperidine rings is 1. The minimum atomic E-state index is 0.591. The van der Waals surface area contributed by atoms with Crippen LogP contribution in [0, 0.1) is 5.92 Å². The monoisotopic (exact) mass is 283 g/mol. The third-order valence-corrected chi connectivity index (χ3v) is 4.82. The summed E-state index contributed by atoms with van der Waals surface area (Å²) in [5.74, 6) is 2.23. The third kappa shape index (κ3) is 2.36. The summed E-state index contributed by atoms with van der Waals surface area (Å²) in [4.78, 5) is 11.7. The molecule has 21 heavy (non-hydrogen) atoms. The second-order valence-corrected chi connectivity index (χ2v) is 6.14. The number of para-hydroxylation sites is 1.